The number of hydrogen-bond acceptors (Lipinski definition) is 3. The summed E-state index contributed by atoms with van der Waals surface area (Å²) in [4.78, 5) is 12.0. The van der Waals surface area contributed by atoms with Crippen molar-refractivity contribution in [3.63, 3.8) is 0 Å². The van der Waals surface area contributed by atoms with Crippen molar-refractivity contribution in [1.82, 2.24) is 10.2 Å². The minimum absolute atomic E-state index is 0.212. The lowest BCUT2D eigenvalue weighted by Gasteiger charge is -2.04. The molecule has 18 heavy (non-hydrogen) atoms. The van der Waals surface area contributed by atoms with Gasteiger partial charge in [-0.05, 0) is 31.0 Å². The van der Waals surface area contributed by atoms with Gasteiger partial charge in [-0.2, -0.15) is 5.10 Å². The molecule has 1 heterocycles. The Balaban J connectivity index is 2.14. The first-order chi connectivity index (χ1) is 8.61. The Morgan fingerprint density at radius 1 is 1.39 bits per heavy atom. The summed E-state index contributed by atoms with van der Waals surface area (Å²) in [7, 11) is 0. The molecule has 0 bridgehead atoms. The van der Waals surface area contributed by atoms with Crippen LogP contribution in [0, 0.1) is 6.92 Å². The second-order valence-electron chi connectivity index (χ2n) is 4.12. The Hall–Kier alpha value is -2.30. The lowest BCUT2D eigenvalue weighted by Crippen LogP contribution is -2.13. The van der Waals surface area contributed by atoms with Gasteiger partial charge in [-0.25, -0.2) is 0 Å². The van der Waals surface area contributed by atoms with Gasteiger partial charge >= 0.3 is 0 Å². The monoisotopic (exact) mass is 244 g/mol. The van der Waals surface area contributed by atoms with E-state index in [0.717, 1.165) is 12.1 Å². The van der Waals surface area contributed by atoms with Crippen LogP contribution in [0.15, 0.2) is 24.3 Å². The normalized spacial score (nSPS) is 10.3. The highest BCUT2D eigenvalue weighted by molar-refractivity contribution is 6.05. The van der Waals surface area contributed by atoms with Crippen LogP contribution in [0.4, 0.5) is 11.5 Å². The van der Waals surface area contributed by atoms with E-state index in [2.05, 4.69) is 22.4 Å². The summed E-state index contributed by atoms with van der Waals surface area (Å²) >= 11 is 0. The fourth-order valence-corrected chi connectivity index (χ4v) is 1.60. The Kier molecular flexibility index (Phi) is 3.32. The number of anilines is 2. The van der Waals surface area contributed by atoms with Crippen molar-refractivity contribution < 1.29 is 4.79 Å². The predicted octanol–water partition coefficient (Wildman–Crippen LogP) is 2.12. The molecule has 1 amide bonds. The molecular weight excluding hydrogens is 228 g/mol. The molecule has 2 aromatic rings. The highest BCUT2D eigenvalue weighted by Crippen LogP contribution is 2.18. The topological polar surface area (TPSA) is 83.8 Å². The third kappa shape index (κ3) is 2.34. The molecule has 0 fully saturated rings. The largest absolute Gasteiger partial charge is 0.394 e. The SMILES string of the molecule is CCc1ccc(C(=O)Nc2n[nH]c(C)c2N)cc1. The molecule has 0 aliphatic carbocycles. The smallest absolute Gasteiger partial charge is 0.256 e. The fourth-order valence-electron chi connectivity index (χ4n) is 1.60. The van der Waals surface area contributed by atoms with Crippen LogP contribution >= 0.6 is 0 Å². The number of nitrogens with zero attached hydrogens (tertiary/aromatic N) is 1. The Bertz CT molecular complexity index is 557. The maximum absolute atomic E-state index is 12.0. The summed E-state index contributed by atoms with van der Waals surface area (Å²) in [6.45, 7) is 3.87. The summed E-state index contributed by atoms with van der Waals surface area (Å²) in [5, 5.41) is 9.33. The lowest BCUT2D eigenvalue weighted by atomic mass is 10.1. The van der Waals surface area contributed by atoms with Crippen molar-refractivity contribution in [2.24, 2.45) is 0 Å². The molecule has 0 spiro atoms. The highest BCUT2D eigenvalue weighted by Gasteiger charge is 2.11. The molecular formula is C13H16N4O. The van der Waals surface area contributed by atoms with Crippen molar-refractivity contribution in [2.45, 2.75) is 20.3 Å². The molecule has 1 aromatic heterocycles. The average Bonchev–Trinajstić information content (AvgIpc) is 2.71. The van der Waals surface area contributed by atoms with Crippen molar-refractivity contribution in [3.05, 3.63) is 41.1 Å². The number of benzene rings is 1. The maximum Gasteiger partial charge on any atom is 0.256 e. The number of amides is 1. The first-order valence-electron chi connectivity index (χ1n) is 5.82. The van der Waals surface area contributed by atoms with Crippen LogP contribution in [-0.4, -0.2) is 16.1 Å². The van der Waals surface area contributed by atoms with Crippen LogP contribution < -0.4 is 11.1 Å². The number of carbonyl (C=O) groups excluding carboxylic acids is 1. The van der Waals surface area contributed by atoms with Crippen LogP contribution in [0.1, 0.15) is 28.5 Å². The Labute approximate surface area is 105 Å². The predicted molar refractivity (Wildman–Crippen MR) is 71.5 cm³/mol. The Morgan fingerprint density at radius 3 is 2.56 bits per heavy atom. The van der Waals surface area contributed by atoms with Gasteiger partial charge in [0, 0.05) is 5.56 Å². The second-order valence-corrected chi connectivity index (χ2v) is 4.12. The van der Waals surface area contributed by atoms with Crippen LogP contribution in [0.5, 0.6) is 0 Å². The summed E-state index contributed by atoms with van der Waals surface area (Å²) in [5.74, 6) is 0.160. The van der Waals surface area contributed by atoms with E-state index in [1.54, 1.807) is 19.1 Å². The number of H-pyrrole nitrogens is 1. The van der Waals surface area contributed by atoms with Crippen molar-refractivity contribution in [3.8, 4) is 0 Å². The minimum atomic E-state index is -0.212. The minimum Gasteiger partial charge on any atom is -0.394 e. The van der Waals surface area contributed by atoms with Gasteiger partial charge < -0.3 is 11.1 Å². The maximum atomic E-state index is 12.0. The third-order valence-corrected chi connectivity index (χ3v) is 2.85. The molecule has 1 aromatic carbocycles. The van der Waals surface area contributed by atoms with Crippen LogP contribution in [0.25, 0.3) is 0 Å². The van der Waals surface area contributed by atoms with E-state index in [1.807, 2.05) is 12.1 Å². The first-order valence-corrected chi connectivity index (χ1v) is 5.82. The summed E-state index contributed by atoms with van der Waals surface area (Å²) in [6.07, 6.45) is 0.952. The number of nitrogens with two attached hydrogens (primary N) is 1. The molecule has 0 atom stereocenters. The van der Waals surface area contributed by atoms with E-state index in [0.29, 0.717) is 17.1 Å². The molecule has 5 nitrogen and oxygen atoms in total. The molecule has 2 rings (SSSR count). The summed E-state index contributed by atoms with van der Waals surface area (Å²) < 4.78 is 0. The van der Waals surface area contributed by atoms with Gasteiger partial charge in [-0.1, -0.05) is 19.1 Å². The van der Waals surface area contributed by atoms with Gasteiger partial charge in [0.15, 0.2) is 5.82 Å². The zero-order valence-electron chi connectivity index (χ0n) is 10.4. The molecule has 0 aliphatic rings. The van der Waals surface area contributed by atoms with Crippen molar-refractivity contribution in [1.29, 1.82) is 0 Å². The molecule has 0 radical (unpaired) electrons. The number of aromatic nitrogens is 2. The van der Waals surface area contributed by atoms with Gasteiger partial charge in [0.05, 0.1) is 11.4 Å². The van der Waals surface area contributed by atoms with Crippen LogP contribution in [0.3, 0.4) is 0 Å². The average molecular weight is 244 g/mol. The van der Waals surface area contributed by atoms with Crippen molar-refractivity contribution >= 4 is 17.4 Å². The van der Waals surface area contributed by atoms with E-state index in [1.165, 1.54) is 5.56 Å². The van der Waals surface area contributed by atoms with Gasteiger partial charge in [-0.15, -0.1) is 0 Å². The van der Waals surface area contributed by atoms with Crippen molar-refractivity contribution in [2.75, 3.05) is 11.1 Å². The number of aryl methyl sites for hydroxylation is 2. The highest BCUT2D eigenvalue weighted by atomic mass is 16.1. The van der Waals surface area contributed by atoms with Crippen LogP contribution in [0.2, 0.25) is 0 Å². The fraction of sp³-hybridized carbons (Fsp3) is 0.231. The van der Waals surface area contributed by atoms with E-state index in [9.17, 15) is 4.79 Å². The zero-order chi connectivity index (χ0) is 13.1. The number of rotatable bonds is 3. The molecule has 94 valence electrons. The standard InChI is InChI=1S/C13H16N4O/c1-3-9-4-6-10(7-5-9)13(18)15-12-11(14)8(2)16-17-12/h4-7H,3,14H2,1-2H3,(H2,15,16,17,18). The quantitative estimate of drug-likeness (QED) is 0.773. The first kappa shape index (κ1) is 12.2. The number of nitrogen functional groups attached to an aromatic ring is 1. The molecule has 0 unspecified atom stereocenters. The van der Waals surface area contributed by atoms with E-state index >= 15 is 0 Å². The third-order valence-electron chi connectivity index (χ3n) is 2.85. The van der Waals surface area contributed by atoms with Crippen LogP contribution in [-0.2, 0) is 6.42 Å². The lowest BCUT2D eigenvalue weighted by molar-refractivity contribution is 0.102. The number of aromatic amines is 1. The summed E-state index contributed by atoms with van der Waals surface area (Å²) in [5.41, 5.74) is 8.76. The van der Waals surface area contributed by atoms with Gasteiger partial charge in [0.1, 0.15) is 0 Å². The molecule has 0 saturated carbocycles. The molecule has 5 heteroatoms. The zero-order valence-corrected chi connectivity index (χ0v) is 10.4. The van der Waals surface area contributed by atoms with E-state index in [4.69, 9.17) is 5.73 Å². The van der Waals surface area contributed by atoms with E-state index in [-0.39, 0.29) is 5.91 Å². The van der Waals surface area contributed by atoms with E-state index < -0.39 is 0 Å². The number of hydrogen-bond donors (Lipinski definition) is 3. The summed E-state index contributed by atoms with van der Waals surface area (Å²) in [6, 6.07) is 7.47. The number of nitrogens with one attached hydrogen (secondary N) is 2. The van der Waals surface area contributed by atoms with Gasteiger partial charge in [-0.3, -0.25) is 9.89 Å². The molecule has 0 saturated heterocycles. The second kappa shape index (κ2) is 4.91. The molecule has 4 N–H and O–H groups in total. The van der Waals surface area contributed by atoms with Gasteiger partial charge in [0.25, 0.3) is 5.91 Å². The number of carbonyl (C=O) groups is 1. The molecule has 0 aliphatic heterocycles. The van der Waals surface area contributed by atoms with Gasteiger partial charge in [0.2, 0.25) is 0 Å². The Morgan fingerprint density at radius 2 is 2.06 bits per heavy atom.